The third-order valence-electron chi connectivity index (χ3n) is 5.60. The molecule has 0 saturated heterocycles. The average Bonchev–Trinajstić information content (AvgIpc) is 2.69. The van der Waals surface area contributed by atoms with Gasteiger partial charge in [-0.15, -0.1) is 0 Å². The fraction of sp³-hybridized carbons (Fsp3) is 0.480. The maximum atomic E-state index is 12.1. The van der Waals surface area contributed by atoms with Crippen LogP contribution < -0.4 is 15.1 Å². The van der Waals surface area contributed by atoms with Crippen LogP contribution in [0.5, 0.6) is 0 Å². The van der Waals surface area contributed by atoms with Crippen molar-refractivity contribution >= 4 is 40.5 Å². The lowest BCUT2D eigenvalue weighted by molar-refractivity contribution is -0.154. The molecule has 0 amide bonds. The molecule has 0 fully saturated rings. The number of anilines is 4. The number of benzene rings is 2. The van der Waals surface area contributed by atoms with E-state index in [1.165, 1.54) is 38.1 Å². The summed E-state index contributed by atoms with van der Waals surface area (Å²) < 4.78 is 5.46. The Morgan fingerprint density at radius 2 is 1.94 bits per heavy atom. The molecule has 5 nitrogen and oxygen atoms in total. The van der Waals surface area contributed by atoms with E-state index in [0.29, 0.717) is 6.42 Å². The number of hydrogen-bond donors (Lipinski definition) is 1. The summed E-state index contributed by atoms with van der Waals surface area (Å²) in [7, 11) is 4.14. The van der Waals surface area contributed by atoms with Crippen LogP contribution in [0.1, 0.15) is 45.6 Å². The number of aryl methyl sites for hydroxylation is 1. The highest BCUT2D eigenvalue weighted by molar-refractivity contribution is 7.99. The number of nitrogens with one attached hydrogen (secondary N) is 1. The topological polar surface area (TPSA) is 44.8 Å². The number of carbonyl (C=O) groups is 1. The molecule has 2 aromatic carbocycles. The Kier molecular flexibility index (Phi) is 6.11. The van der Waals surface area contributed by atoms with E-state index in [1.807, 2.05) is 32.5 Å². The molecular formula is C25H33N3O2S. The van der Waals surface area contributed by atoms with Gasteiger partial charge >= 0.3 is 5.97 Å². The normalized spacial score (nSPS) is 14.8. The highest BCUT2D eigenvalue weighted by Gasteiger charge is 2.24. The van der Waals surface area contributed by atoms with Crippen molar-refractivity contribution in [2.24, 2.45) is 0 Å². The Balaban J connectivity index is 1.48. The van der Waals surface area contributed by atoms with Gasteiger partial charge in [-0.05, 0) is 75.9 Å². The smallest absolute Gasteiger partial charge is 0.306 e. The van der Waals surface area contributed by atoms with E-state index < -0.39 is 5.60 Å². The second-order valence-corrected chi connectivity index (χ2v) is 10.6. The Labute approximate surface area is 190 Å². The highest BCUT2D eigenvalue weighted by atomic mass is 32.2. The molecule has 0 aliphatic carbocycles. The van der Waals surface area contributed by atoms with Crippen molar-refractivity contribution in [3.63, 3.8) is 0 Å². The number of carbonyl (C=O) groups excluding carboxylic acids is 1. The summed E-state index contributed by atoms with van der Waals surface area (Å²) in [5, 5.41) is 3.63. The summed E-state index contributed by atoms with van der Waals surface area (Å²) >= 11 is 1.83. The largest absolute Gasteiger partial charge is 0.460 e. The van der Waals surface area contributed by atoms with Crippen LogP contribution in [0.4, 0.5) is 22.7 Å². The second kappa shape index (κ2) is 8.65. The van der Waals surface area contributed by atoms with Crippen molar-refractivity contribution in [1.82, 2.24) is 0 Å². The van der Waals surface area contributed by atoms with Gasteiger partial charge in [0.15, 0.2) is 0 Å². The lowest BCUT2D eigenvalue weighted by atomic mass is 10.00. The zero-order chi connectivity index (χ0) is 22.2. The first-order valence-corrected chi connectivity index (χ1v) is 11.9. The maximum absolute atomic E-state index is 12.1. The van der Waals surface area contributed by atoms with Crippen molar-refractivity contribution < 1.29 is 9.53 Å². The van der Waals surface area contributed by atoms with Gasteiger partial charge in [0.1, 0.15) is 5.60 Å². The molecule has 4 rings (SSSR count). The molecule has 2 aromatic rings. The number of rotatable bonds is 5. The van der Waals surface area contributed by atoms with Gasteiger partial charge in [-0.2, -0.15) is 0 Å². The first-order valence-electron chi connectivity index (χ1n) is 11.1. The molecule has 0 unspecified atom stereocenters. The van der Waals surface area contributed by atoms with E-state index in [1.54, 1.807) is 0 Å². The lowest BCUT2D eigenvalue weighted by Crippen LogP contribution is -2.31. The van der Waals surface area contributed by atoms with Gasteiger partial charge in [-0.1, -0.05) is 11.8 Å². The summed E-state index contributed by atoms with van der Waals surface area (Å²) in [6.45, 7) is 7.67. The Hall–Kier alpha value is -2.34. The number of hydrogen-bond acceptors (Lipinski definition) is 6. The van der Waals surface area contributed by atoms with Crippen LogP contribution in [0.3, 0.4) is 0 Å². The SMILES string of the molecule is CN(C)c1ccc2c(c1)Sc1cc3c(cc1N2)CCCN3CCCC(=O)OC(C)(C)C. The first-order chi connectivity index (χ1) is 14.7. The van der Waals surface area contributed by atoms with Gasteiger partial charge in [0.05, 0.1) is 11.4 Å². The molecule has 1 N–H and O–H groups in total. The minimum Gasteiger partial charge on any atom is -0.460 e. The van der Waals surface area contributed by atoms with Crippen molar-refractivity contribution in [2.45, 2.75) is 61.8 Å². The Morgan fingerprint density at radius 3 is 2.68 bits per heavy atom. The van der Waals surface area contributed by atoms with Crippen molar-refractivity contribution in [3.8, 4) is 0 Å². The monoisotopic (exact) mass is 439 g/mol. The third kappa shape index (κ3) is 5.12. The van der Waals surface area contributed by atoms with Crippen LogP contribution >= 0.6 is 11.8 Å². The molecule has 0 spiro atoms. The van der Waals surface area contributed by atoms with Crippen LogP contribution in [0.15, 0.2) is 40.1 Å². The molecule has 0 saturated carbocycles. The Bertz CT molecular complexity index is 981. The number of nitrogens with zero attached hydrogens (tertiary/aromatic N) is 2. The predicted octanol–water partition coefficient (Wildman–Crippen LogP) is 5.84. The molecule has 166 valence electrons. The molecule has 2 heterocycles. The van der Waals surface area contributed by atoms with Crippen LogP contribution in [0.25, 0.3) is 0 Å². The minimum absolute atomic E-state index is 0.108. The van der Waals surface area contributed by atoms with E-state index >= 15 is 0 Å². The van der Waals surface area contributed by atoms with Gasteiger partial charge in [0.2, 0.25) is 0 Å². The summed E-state index contributed by atoms with van der Waals surface area (Å²) in [4.78, 5) is 19.2. The summed E-state index contributed by atoms with van der Waals surface area (Å²) in [6.07, 6.45) is 3.52. The van der Waals surface area contributed by atoms with E-state index in [4.69, 9.17) is 4.74 Å². The van der Waals surface area contributed by atoms with Crippen molar-refractivity contribution in [1.29, 1.82) is 0 Å². The van der Waals surface area contributed by atoms with E-state index in [-0.39, 0.29) is 5.97 Å². The first kappa shape index (κ1) is 21.9. The standard InChI is InChI=1S/C25H33N3O2S/c1-25(2,3)30-24(29)9-7-13-28-12-6-8-17-14-20-23(16-21(17)28)31-22-15-18(27(4)5)10-11-19(22)26-20/h10-11,14-16,26H,6-9,12-13H2,1-5H3. The molecule has 0 aromatic heterocycles. The fourth-order valence-corrected chi connectivity index (χ4v) is 5.19. The van der Waals surface area contributed by atoms with Crippen molar-refractivity contribution in [3.05, 3.63) is 35.9 Å². The average molecular weight is 440 g/mol. The van der Waals surface area contributed by atoms with Crippen LogP contribution in [0.2, 0.25) is 0 Å². The van der Waals surface area contributed by atoms with Crippen LogP contribution in [-0.4, -0.2) is 38.8 Å². The third-order valence-corrected chi connectivity index (χ3v) is 6.71. The van der Waals surface area contributed by atoms with Gasteiger partial charge in [0, 0.05) is 54.8 Å². The lowest BCUT2D eigenvalue weighted by Gasteiger charge is -2.33. The number of esters is 1. The van der Waals surface area contributed by atoms with Gasteiger partial charge in [0.25, 0.3) is 0 Å². The van der Waals surface area contributed by atoms with E-state index in [9.17, 15) is 4.79 Å². The van der Waals surface area contributed by atoms with Crippen LogP contribution in [0, 0.1) is 0 Å². The zero-order valence-corrected chi connectivity index (χ0v) is 20.1. The summed E-state index contributed by atoms with van der Waals surface area (Å²) in [6, 6.07) is 11.2. The molecular weight excluding hydrogens is 406 g/mol. The van der Waals surface area contributed by atoms with Gasteiger partial charge in [-0.3, -0.25) is 4.79 Å². The second-order valence-electron chi connectivity index (χ2n) is 9.56. The van der Waals surface area contributed by atoms with Crippen LogP contribution in [-0.2, 0) is 16.0 Å². The van der Waals surface area contributed by atoms with E-state index in [2.05, 4.69) is 59.5 Å². The Morgan fingerprint density at radius 1 is 1.16 bits per heavy atom. The maximum Gasteiger partial charge on any atom is 0.306 e. The van der Waals surface area contributed by atoms with E-state index in [0.717, 1.165) is 32.4 Å². The molecule has 0 bridgehead atoms. The molecule has 31 heavy (non-hydrogen) atoms. The van der Waals surface area contributed by atoms with Crippen molar-refractivity contribution in [2.75, 3.05) is 42.3 Å². The molecule has 0 radical (unpaired) electrons. The molecule has 2 aliphatic heterocycles. The highest BCUT2D eigenvalue weighted by Crippen LogP contribution is 2.48. The summed E-state index contributed by atoms with van der Waals surface area (Å²) in [5.74, 6) is -0.108. The molecule has 6 heteroatoms. The zero-order valence-electron chi connectivity index (χ0n) is 19.2. The quantitative estimate of drug-likeness (QED) is 0.504. The summed E-state index contributed by atoms with van der Waals surface area (Å²) in [5.41, 5.74) is 5.87. The van der Waals surface area contributed by atoms with Gasteiger partial charge < -0.3 is 19.9 Å². The predicted molar refractivity (Wildman–Crippen MR) is 130 cm³/mol. The fourth-order valence-electron chi connectivity index (χ4n) is 4.15. The minimum atomic E-state index is -0.416. The number of fused-ring (bicyclic) bond motifs is 3. The molecule has 2 aliphatic rings. The van der Waals surface area contributed by atoms with Gasteiger partial charge in [-0.25, -0.2) is 0 Å². The molecule has 0 atom stereocenters. The number of ether oxygens (including phenoxy) is 1.